The minimum atomic E-state index is -0.702. The lowest BCUT2D eigenvalue weighted by molar-refractivity contribution is 0.663. The van der Waals surface area contributed by atoms with Gasteiger partial charge in [-0.3, -0.25) is 0 Å². The third kappa shape index (κ3) is 1.66. The lowest BCUT2D eigenvalue weighted by atomic mass is 9.99. The fourth-order valence-corrected chi connectivity index (χ4v) is 0.757. The van der Waals surface area contributed by atoms with E-state index in [0.717, 1.165) is 0 Å². The molecule has 1 aliphatic rings. The van der Waals surface area contributed by atoms with Crippen LogP contribution in [-0.4, -0.2) is 5.66 Å². The maximum atomic E-state index is 5.54. The summed E-state index contributed by atoms with van der Waals surface area (Å²) in [6, 6.07) is 0. The van der Waals surface area contributed by atoms with Gasteiger partial charge in [0.2, 0.25) is 0 Å². The maximum absolute atomic E-state index is 5.54. The van der Waals surface area contributed by atoms with Gasteiger partial charge in [0.15, 0.2) is 0 Å². The SMILES string of the molecule is CC1C=CC(N)(N)C=C1. The molecule has 0 heterocycles. The number of hydrogen-bond donors (Lipinski definition) is 2. The van der Waals surface area contributed by atoms with Gasteiger partial charge in [0.05, 0.1) is 0 Å². The molecule has 0 saturated heterocycles. The van der Waals surface area contributed by atoms with Gasteiger partial charge in [0.1, 0.15) is 5.66 Å². The van der Waals surface area contributed by atoms with Crippen molar-refractivity contribution in [3.63, 3.8) is 0 Å². The van der Waals surface area contributed by atoms with Crippen LogP contribution < -0.4 is 11.5 Å². The molecule has 0 amide bonds. The van der Waals surface area contributed by atoms with E-state index in [1.807, 2.05) is 24.3 Å². The summed E-state index contributed by atoms with van der Waals surface area (Å²) in [4.78, 5) is 0. The second-order valence-corrected chi connectivity index (χ2v) is 2.58. The van der Waals surface area contributed by atoms with Gasteiger partial charge in [0.25, 0.3) is 0 Å². The molecule has 9 heavy (non-hydrogen) atoms. The van der Waals surface area contributed by atoms with Crippen LogP contribution in [0.4, 0.5) is 0 Å². The van der Waals surface area contributed by atoms with Gasteiger partial charge < -0.3 is 11.5 Å². The van der Waals surface area contributed by atoms with E-state index in [-0.39, 0.29) is 0 Å². The van der Waals surface area contributed by atoms with Crippen molar-refractivity contribution in [2.75, 3.05) is 0 Å². The molecule has 0 saturated carbocycles. The van der Waals surface area contributed by atoms with E-state index in [0.29, 0.717) is 5.92 Å². The summed E-state index contributed by atoms with van der Waals surface area (Å²) in [5.41, 5.74) is 10.4. The van der Waals surface area contributed by atoms with Gasteiger partial charge >= 0.3 is 0 Å². The van der Waals surface area contributed by atoms with Crippen LogP contribution >= 0.6 is 0 Å². The molecule has 4 N–H and O–H groups in total. The summed E-state index contributed by atoms with van der Waals surface area (Å²) >= 11 is 0. The van der Waals surface area contributed by atoms with Crippen molar-refractivity contribution in [2.24, 2.45) is 17.4 Å². The Morgan fingerprint density at radius 3 is 2.00 bits per heavy atom. The van der Waals surface area contributed by atoms with E-state index in [2.05, 4.69) is 6.92 Å². The molecule has 0 aromatic heterocycles. The predicted octanol–water partition coefficient (Wildman–Crippen LogP) is 0.362. The lowest BCUT2D eigenvalue weighted by Crippen LogP contribution is -2.46. The molecule has 0 radical (unpaired) electrons. The molecule has 0 atom stereocenters. The van der Waals surface area contributed by atoms with Gasteiger partial charge in [-0.05, 0) is 18.1 Å². The zero-order chi connectivity index (χ0) is 6.91. The highest BCUT2D eigenvalue weighted by molar-refractivity contribution is 5.21. The highest BCUT2D eigenvalue weighted by atomic mass is 14.9. The van der Waals surface area contributed by atoms with Crippen LogP contribution in [0.5, 0.6) is 0 Å². The quantitative estimate of drug-likeness (QED) is 0.362. The van der Waals surface area contributed by atoms with Crippen molar-refractivity contribution in [2.45, 2.75) is 12.6 Å². The van der Waals surface area contributed by atoms with Crippen LogP contribution in [0.2, 0.25) is 0 Å². The van der Waals surface area contributed by atoms with E-state index < -0.39 is 5.66 Å². The Labute approximate surface area is 55.2 Å². The van der Waals surface area contributed by atoms with Crippen molar-refractivity contribution in [1.29, 1.82) is 0 Å². The van der Waals surface area contributed by atoms with Crippen molar-refractivity contribution < 1.29 is 0 Å². The molecule has 1 aliphatic carbocycles. The Morgan fingerprint density at radius 1 is 1.22 bits per heavy atom. The molecule has 1 rings (SSSR count). The first-order chi connectivity index (χ1) is 4.10. The molecule has 2 nitrogen and oxygen atoms in total. The monoisotopic (exact) mass is 124 g/mol. The first-order valence-corrected chi connectivity index (χ1v) is 3.07. The first-order valence-electron chi connectivity index (χ1n) is 3.07. The highest BCUT2D eigenvalue weighted by Crippen LogP contribution is 2.10. The fraction of sp³-hybridized carbons (Fsp3) is 0.429. The third-order valence-corrected chi connectivity index (χ3v) is 1.38. The molecule has 0 spiro atoms. The average Bonchev–Trinajstić information content (AvgIpc) is 1.78. The van der Waals surface area contributed by atoms with Crippen LogP contribution in [0.25, 0.3) is 0 Å². The summed E-state index contributed by atoms with van der Waals surface area (Å²) in [7, 11) is 0. The molecule has 0 aromatic rings. The fourth-order valence-electron chi connectivity index (χ4n) is 0.757. The number of hydrogen-bond acceptors (Lipinski definition) is 2. The normalized spacial score (nSPS) is 24.8. The molecular weight excluding hydrogens is 112 g/mol. The Kier molecular flexibility index (Phi) is 1.43. The van der Waals surface area contributed by atoms with Crippen molar-refractivity contribution in [1.82, 2.24) is 0 Å². The van der Waals surface area contributed by atoms with Gasteiger partial charge in [-0.1, -0.05) is 19.1 Å². The smallest absolute Gasteiger partial charge is 0.102 e. The van der Waals surface area contributed by atoms with Crippen molar-refractivity contribution in [3.8, 4) is 0 Å². The van der Waals surface area contributed by atoms with Gasteiger partial charge in [-0.15, -0.1) is 0 Å². The lowest BCUT2D eigenvalue weighted by Gasteiger charge is -2.19. The number of nitrogens with two attached hydrogens (primary N) is 2. The Balaban J connectivity index is 2.70. The first kappa shape index (κ1) is 6.52. The Morgan fingerprint density at radius 2 is 1.67 bits per heavy atom. The standard InChI is InChI=1S/C7H12N2/c1-6-2-4-7(8,9)5-3-6/h2-6H,8-9H2,1H3. The molecule has 0 aromatic carbocycles. The summed E-state index contributed by atoms with van der Waals surface area (Å²) in [5, 5.41) is 0. The second-order valence-electron chi connectivity index (χ2n) is 2.58. The largest absolute Gasteiger partial charge is 0.307 e. The minimum absolute atomic E-state index is 0.477. The zero-order valence-corrected chi connectivity index (χ0v) is 5.54. The summed E-state index contributed by atoms with van der Waals surface area (Å²) in [6.07, 6.45) is 7.63. The summed E-state index contributed by atoms with van der Waals surface area (Å²) < 4.78 is 0. The predicted molar refractivity (Wildman–Crippen MR) is 38.5 cm³/mol. The van der Waals surface area contributed by atoms with Crippen LogP contribution in [0.3, 0.4) is 0 Å². The van der Waals surface area contributed by atoms with E-state index >= 15 is 0 Å². The third-order valence-electron chi connectivity index (χ3n) is 1.38. The average molecular weight is 124 g/mol. The molecule has 0 aliphatic heterocycles. The Hall–Kier alpha value is -0.600. The molecule has 50 valence electrons. The molecule has 0 unspecified atom stereocenters. The number of rotatable bonds is 0. The van der Waals surface area contributed by atoms with Gasteiger partial charge in [-0.25, -0.2) is 0 Å². The number of allylic oxidation sites excluding steroid dienone is 2. The van der Waals surface area contributed by atoms with E-state index in [1.165, 1.54) is 0 Å². The summed E-state index contributed by atoms with van der Waals surface area (Å²) in [5.74, 6) is 0.477. The van der Waals surface area contributed by atoms with Crippen molar-refractivity contribution >= 4 is 0 Å². The summed E-state index contributed by atoms with van der Waals surface area (Å²) in [6.45, 7) is 2.09. The van der Waals surface area contributed by atoms with E-state index in [1.54, 1.807) is 0 Å². The zero-order valence-electron chi connectivity index (χ0n) is 5.54. The van der Waals surface area contributed by atoms with Gasteiger partial charge in [0, 0.05) is 0 Å². The van der Waals surface area contributed by atoms with Crippen LogP contribution in [-0.2, 0) is 0 Å². The molecule has 0 fully saturated rings. The Bertz CT molecular complexity index is 140. The van der Waals surface area contributed by atoms with Crippen LogP contribution in [0.15, 0.2) is 24.3 Å². The molecular formula is C7H12N2. The topological polar surface area (TPSA) is 52.0 Å². The molecule has 0 bridgehead atoms. The van der Waals surface area contributed by atoms with Crippen LogP contribution in [0, 0.1) is 5.92 Å². The van der Waals surface area contributed by atoms with Crippen molar-refractivity contribution in [3.05, 3.63) is 24.3 Å². The van der Waals surface area contributed by atoms with E-state index in [4.69, 9.17) is 11.5 Å². The highest BCUT2D eigenvalue weighted by Gasteiger charge is 2.13. The van der Waals surface area contributed by atoms with Gasteiger partial charge in [-0.2, -0.15) is 0 Å². The van der Waals surface area contributed by atoms with E-state index in [9.17, 15) is 0 Å². The second kappa shape index (κ2) is 1.97. The molecule has 2 heteroatoms. The maximum Gasteiger partial charge on any atom is 0.102 e. The van der Waals surface area contributed by atoms with Crippen LogP contribution in [0.1, 0.15) is 6.92 Å². The minimum Gasteiger partial charge on any atom is -0.307 e.